The lowest BCUT2D eigenvalue weighted by Gasteiger charge is -2.22. The minimum atomic E-state index is -0.544. The van der Waals surface area contributed by atoms with E-state index in [9.17, 15) is 9.59 Å². The molecule has 1 aromatic rings. The van der Waals surface area contributed by atoms with Gasteiger partial charge in [-0.3, -0.25) is 9.59 Å². The van der Waals surface area contributed by atoms with Gasteiger partial charge in [0, 0.05) is 17.5 Å². The molecule has 25 heavy (non-hydrogen) atoms. The van der Waals surface area contributed by atoms with Crippen molar-refractivity contribution in [2.45, 2.75) is 58.9 Å². The number of anilines is 1. The molecule has 1 fully saturated rings. The van der Waals surface area contributed by atoms with Gasteiger partial charge in [0.2, 0.25) is 11.8 Å². The van der Waals surface area contributed by atoms with Crippen molar-refractivity contribution in [1.82, 2.24) is 15.6 Å². The van der Waals surface area contributed by atoms with Crippen LogP contribution in [0.15, 0.2) is 6.20 Å². The molecular weight excluding hydrogens is 336 g/mol. The summed E-state index contributed by atoms with van der Waals surface area (Å²) in [6, 6.07) is -0.544. The van der Waals surface area contributed by atoms with Gasteiger partial charge >= 0.3 is 0 Å². The van der Waals surface area contributed by atoms with Crippen LogP contribution in [-0.2, 0) is 9.59 Å². The highest BCUT2D eigenvalue weighted by atomic mass is 32.1. The van der Waals surface area contributed by atoms with Gasteiger partial charge in [0.1, 0.15) is 6.04 Å². The number of amides is 2. The maximum Gasteiger partial charge on any atom is 0.248 e. The molecule has 1 aliphatic heterocycles. The Morgan fingerprint density at radius 2 is 1.96 bits per heavy atom. The second-order valence-electron chi connectivity index (χ2n) is 7.47. The van der Waals surface area contributed by atoms with E-state index in [0.717, 1.165) is 25.9 Å². The number of piperidine rings is 1. The highest BCUT2D eigenvalue weighted by Gasteiger charge is 2.26. The van der Waals surface area contributed by atoms with E-state index < -0.39 is 6.04 Å². The molecule has 2 heterocycles. The van der Waals surface area contributed by atoms with E-state index in [1.54, 1.807) is 11.3 Å². The number of rotatable bonds is 7. The summed E-state index contributed by atoms with van der Waals surface area (Å²) in [6.45, 7) is 9.90. The number of thiazole rings is 1. The van der Waals surface area contributed by atoms with Crippen LogP contribution in [0.2, 0.25) is 0 Å². The van der Waals surface area contributed by atoms with E-state index in [1.807, 2.05) is 33.9 Å². The van der Waals surface area contributed by atoms with E-state index in [1.165, 1.54) is 4.88 Å². The van der Waals surface area contributed by atoms with Crippen molar-refractivity contribution in [2.24, 2.45) is 11.8 Å². The van der Waals surface area contributed by atoms with E-state index in [4.69, 9.17) is 0 Å². The molecule has 2 amide bonds. The van der Waals surface area contributed by atoms with Gasteiger partial charge in [0.05, 0.1) is 0 Å². The summed E-state index contributed by atoms with van der Waals surface area (Å²) in [5.41, 5.74) is 0. The summed E-state index contributed by atoms with van der Waals surface area (Å²) >= 11 is 1.54. The van der Waals surface area contributed by atoms with Crippen LogP contribution in [0.5, 0.6) is 0 Å². The topological polar surface area (TPSA) is 83.1 Å². The van der Waals surface area contributed by atoms with E-state index in [0.29, 0.717) is 17.5 Å². The van der Waals surface area contributed by atoms with Crippen molar-refractivity contribution in [1.29, 1.82) is 0 Å². The summed E-state index contributed by atoms with van der Waals surface area (Å²) in [5.74, 6) is 0.523. The number of hydrogen-bond acceptors (Lipinski definition) is 5. The lowest BCUT2D eigenvalue weighted by atomic mass is 9.97. The van der Waals surface area contributed by atoms with Gasteiger partial charge in [-0.05, 0) is 43.7 Å². The van der Waals surface area contributed by atoms with Crippen LogP contribution in [-0.4, -0.2) is 35.9 Å². The molecule has 0 saturated carbocycles. The van der Waals surface area contributed by atoms with Gasteiger partial charge in [-0.1, -0.05) is 27.7 Å². The average molecular weight is 367 g/mol. The first-order valence-electron chi connectivity index (χ1n) is 9.13. The van der Waals surface area contributed by atoms with Gasteiger partial charge in [0.25, 0.3) is 0 Å². The van der Waals surface area contributed by atoms with Crippen LogP contribution < -0.4 is 16.0 Å². The van der Waals surface area contributed by atoms with Crippen LogP contribution in [0.1, 0.15) is 57.8 Å². The first-order valence-corrected chi connectivity index (χ1v) is 9.95. The van der Waals surface area contributed by atoms with Crippen LogP contribution in [0.4, 0.5) is 5.13 Å². The second-order valence-corrected chi connectivity index (χ2v) is 8.53. The van der Waals surface area contributed by atoms with Gasteiger partial charge in [-0.2, -0.15) is 0 Å². The summed E-state index contributed by atoms with van der Waals surface area (Å²) < 4.78 is 0. The third kappa shape index (κ3) is 6.08. The molecular formula is C18H30N4O2S. The third-order valence-electron chi connectivity index (χ3n) is 4.35. The molecule has 0 aromatic carbocycles. The molecule has 1 unspecified atom stereocenters. The molecule has 1 atom stereocenters. The highest BCUT2D eigenvalue weighted by Crippen LogP contribution is 2.31. The van der Waals surface area contributed by atoms with E-state index in [2.05, 4.69) is 20.9 Å². The van der Waals surface area contributed by atoms with Gasteiger partial charge < -0.3 is 16.0 Å². The monoisotopic (exact) mass is 366 g/mol. The van der Waals surface area contributed by atoms with Gasteiger partial charge in [-0.15, -0.1) is 11.3 Å². The van der Waals surface area contributed by atoms with Crippen LogP contribution in [0.3, 0.4) is 0 Å². The molecule has 1 aliphatic rings. The number of carbonyl (C=O) groups is 2. The largest absolute Gasteiger partial charge is 0.344 e. The highest BCUT2D eigenvalue weighted by molar-refractivity contribution is 7.15. The SMILES string of the molecule is CC(C)CC(=O)NC(C(=O)Nc1ncc(C2CCNCC2)s1)C(C)C. The molecule has 0 radical (unpaired) electrons. The maximum absolute atomic E-state index is 12.6. The Kier molecular flexibility index (Phi) is 7.38. The van der Waals surface area contributed by atoms with Crippen molar-refractivity contribution in [2.75, 3.05) is 18.4 Å². The van der Waals surface area contributed by atoms with Crippen molar-refractivity contribution in [3.05, 3.63) is 11.1 Å². The van der Waals surface area contributed by atoms with Gasteiger partial charge in [0.15, 0.2) is 5.13 Å². The first-order chi connectivity index (χ1) is 11.9. The Morgan fingerprint density at radius 1 is 1.28 bits per heavy atom. The molecule has 1 aromatic heterocycles. The maximum atomic E-state index is 12.6. The zero-order chi connectivity index (χ0) is 18.4. The summed E-state index contributed by atoms with van der Waals surface area (Å²) in [5, 5.41) is 9.71. The Morgan fingerprint density at radius 3 is 2.56 bits per heavy atom. The molecule has 3 N–H and O–H groups in total. The molecule has 0 aliphatic carbocycles. The number of nitrogens with one attached hydrogen (secondary N) is 3. The molecule has 0 spiro atoms. The molecule has 0 bridgehead atoms. The summed E-state index contributed by atoms with van der Waals surface area (Å²) in [6.07, 6.45) is 4.51. The number of nitrogens with zero attached hydrogens (tertiary/aromatic N) is 1. The smallest absolute Gasteiger partial charge is 0.248 e. The van der Waals surface area contributed by atoms with Crippen LogP contribution >= 0.6 is 11.3 Å². The van der Waals surface area contributed by atoms with Crippen molar-refractivity contribution < 1.29 is 9.59 Å². The fraction of sp³-hybridized carbons (Fsp3) is 0.722. The van der Waals surface area contributed by atoms with Crippen molar-refractivity contribution >= 4 is 28.3 Å². The average Bonchev–Trinajstić information content (AvgIpc) is 3.01. The Labute approximate surface area is 154 Å². The zero-order valence-corrected chi connectivity index (χ0v) is 16.4. The Balaban J connectivity index is 1.96. The molecule has 6 nitrogen and oxygen atoms in total. The summed E-state index contributed by atoms with van der Waals surface area (Å²) in [4.78, 5) is 30.2. The number of aromatic nitrogens is 1. The molecule has 2 rings (SSSR count). The van der Waals surface area contributed by atoms with E-state index >= 15 is 0 Å². The predicted molar refractivity (Wildman–Crippen MR) is 102 cm³/mol. The number of hydrogen-bond donors (Lipinski definition) is 3. The normalized spacial score (nSPS) is 16.9. The third-order valence-corrected chi connectivity index (χ3v) is 5.43. The minimum absolute atomic E-state index is 0.0139. The standard InChI is InChI=1S/C18H30N4O2S/c1-11(2)9-15(23)21-16(12(3)4)17(24)22-18-20-10-14(25-18)13-5-7-19-8-6-13/h10-13,16,19H,5-9H2,1-4H3,(H,21,23)(H,20,22,24). The fourth-order valence-electron chi connectivity index (χ4n) is 2.96. The predicted octanol–water partition coefficient (Wildman–Crippen LogP) is 2.74. The molecule has 1 saturated heterocycles. The molecule has 140 valence electrons. The Hall–Kier alpha value is -1.47. The van der Waals surface area contributed by atoms with Crippen molar-refractivity contribution in [3.8, 4) is 0 Å². The minimum Gasteiger partial charge on any atom is -0.344 e. The Bertz CT molecular complexity index is 579. The molecule has 7 heteroatoms. The fourth-order valence-corrected chi connectivity index (χ4v) is 3.95. The van der Waals surface area contributed by atoms with Crippen molar-refractivity contribution in [3.63, 3.8) is 0 Å². The number of carbonyl (C=O) groups excluding carboxylic acids is 2. The van der Waals surface area contributed by atoms with Crippen LogP contribution in [0.25, 0.3) is 0 Å². The lowest BCUT2D eigenvalue weighted by molar-refractivity contribution is -0.127. The van der Waals surface area contributed by atoms with Gasteiger partial charge in [-0.25, -0.2) is 4.98 Å². The second kappa shape index (κ2) is 9.29. The van der Waals surface area contributed by atoms with Crippen LogP contribution in [0, 0.1) is 11.8 Å². The first kappa shape index (κ1) is 19.8. The van der Waals surface area contributed by atoms with E-state index in [-0.39, 0.29) is 23.7 Å². The summed E-state index contributed by atoms with van der Waals surface area (Å²) in [7, 11) is 0. The zero-order valence-electron chi connectivity index (χ0n) is 15.6. The lowest BCUT2D eigenvalue weighted by Crippen LogP contribution is -2.47. The quantitative estimate of drug-likeness (QED) is 0.693.